The van der Waals surface area contributed by atoms with Crippen molar-refractivity contribution in [2.24, 2.45) is 0 Å². The normalized spacial score (nSPS) is 10.5. The van der Waals surface area contributed by atoms with E-state index in [4.69, 9.17) is 9.63 Å². The highest BCUT2D eigenvalue weighted by atomic mass is 32.1. The van der Waals surface area contributed by atoms with Gasteiger partial charge >= 0.3 is 5.97 Å². The lowest BCUT2D eigenvalue weighted by Gasteiger charge is -2.03. The molecule has 1 aromatic heterocycles. The SMILES string of the molecule is O=C(O)c1cc(F)c(F)cc1-c1cc(S)no1. The minimum Gasteiger partial charge on any atom is -0.478 e. The maximum Gasteiger partial charge on any atom is 0.336 e. The molecular formula is C10H5F2NO3S. The molecule has 1 N–H and O–H groups in total. The zero-order valence-corrected chi connectivity index (χ0v) is 9.04. The number of carboxylic acid groups (broad SMARTS) is 1. The van der Waals surface area contributed by atoms with Crippen molar-refractivity contribution >= 4 is 18.6 Å². The van der Waals surface area contributed by atoms with Crippen LogP contribution in [0, 0.1) is 11.6 Å². The van der Waals surface area contributed by atoms with Gasteiger partial charge in [-0.05, 0) is 12.1 Å². The molecule has 0 amide bonds. The summed E-state index contributed by atoms with van der Waals surface area (Å²) in [5.74, 6) is -3.79. The average Bonchev–Trinajstić information content (AvgIpc) is 2.68. The van der Waals surface area contributed by atoms with Gasteiger partial charge in [0.15, 0.2) is 17.4 Å². The van der Waals surface area contributed by atoms with E-state index in [1.807, 2.05) is 0 Å². The standard InChI is InChI=1S/C10H5F2NO3S/c11-6-1-4(8-3-9(17)13-16-8)5(10(14)15)2-7(6)12/h1-3H,(H,13,17)(H,14,15). The van der Waals surface area contributed by atoms with E-state index in [1.165, 1.54) is 6.07 Å². The number of nitrogens with zero attached hydrogens (tertiary/aromatic N) is 1. The molecule has 0 unspecified atom stereocenters. The number of hydrogen-bond donors (Lipinski definition) is 2. The van der Waals surface area contributed by atoms with Crippen LogP contribution in [0.3, 0.4) is 0 Å². The molecule has 2 rings (SSSR count). The first-order valence-corrected chi connectivity index (χ1v) is 4.82. The predicted molar refractivity (Wildman–Crippen MR) is 56.1 cm³/mol. The minimum atomic E-state index is -1.39. The van der Waals surface area contributed by atoms with Crippen LogP contribution in [0.5, 0.6) is 0 Å². The molecule has 7 heteroatoms. The number of carbonyl (C=O) groups is 1. The summed E-state index contributed by atoms with van der Waals surface area (Å²) < 4.78 is 30.8. The van der Waals surface area contributed by atoms with Crippen molar-refractivity contribution in [1.82, 2.24) is 5.16 Å². The Morgan fingerprint density at radius 2 is 1.94 bits per heavy atom. The topological polar surface area (TPSA) is 63.3 Å². The van der Waals surface area contributed by atoms with Gasteiger partial charge < -0.3 is 9.63 Å². The number of halogens is 2. The van der Waals surface area contributed by atoms with Crippen molar-refractivity contribution in [3.05, 3.63) is 35.4 Å². The smallest absolute Gasteiger partial charge is 0.336 e. The summed E-state index contributed by atoms with van der Waals surface area (Å²) >= 11 is 3.87. The summed E-state index contributed by atoms with van der Waals surface area (Å²) in [7, 11) is 0. The van der Waals surface area contributed by atoms with Crippen LogP contribution in [0.2, 0.25) is 0 Å². The first kappa shape index (κ1) is 11.6. The fraction of sp³-hybridized carbons (Fsp3) is 0. The van der Waals surface area contributed by atoms with E-state index < -0.39 is 23.2 Å². The zero-order valence-electron chi connectivity index (χ0n) is 8.15. The molecule has 2 aromatic rings. The fourth-order valence-electron chi connectivity index (χ4n) is 1.32. The number of aromatic nitrogens is 1. The van der Waals surface area contributed by atoms with Gasteiger partial charge in [-0.2, -0.15) is 0 Å². The molecule has 0 aliphatic carbocycles. The molecule has 0 aliphatic heterocycles. The quantitative estimate of drug-likeness (QED) is 0.812. The van der Waals surface area contributed by atoms with Crippen LogP contribution in [0.25, 0.3) is 11.3 Å². The van der Waals surface area contributed by atoms with E-state index in [0.717, 1.165) is 6.07 Å². The number of aromatic carboxylic acids is 1. The summed E-state index contributed by atoms with van der Waals surface area (Å²) in [5.41, 5.74) is -0.502. The molecule has 0 spiro atoms. The van der Waals surface area contributed by atoms with Crippen molar-refractivity contribution < 1.29 is 23.2 Å². The van der Waals surface area contributed by atoms with Gasteiger partial charge in [-0.3, -0.25) is 0 Å². The molecule has 88 valence electrons. The monoisotopic (exact) mass is 257 g/mol. The number of hydrogen-bond acceptors (Lipinski definition) is 4. The van der Waals surface area contributed by atoms with Gasteiger partial charge in [0.1, 0.15) is 5.03 Å². The van der Waals surface area contributed by atoms with Crippen molar-refractivity contribution in [3.63, 3.8) is 0 Å². The second kappa shape index (κ2) is 4.17. The van der Waals surface area contributed by atoms with E-state index in [1.54, 1.807) is 0 Å². The molecule has 0 atom stereocenters. The maximum absolute atomic E-state index is 13.1. The van der Waals surface area contributed by atoms with E-state index in [-0.39, 0.29) is 16.3 Å². The van der Waals surface area contributed by atoms with Gasteiger partial charge in [0.2, 0.25) is 0 Å². The summed E-state index contributed by atoms with van der Waals surface area (Å²) in [5, 5.41) is 12.5. The fourth-order valence-corrected chi connectivity index (χ4v) is 1.48. The molecule has 0 fully saturated rings. The summed E-state index contributed by atoms with van der Waals surface area (Å²) in [6.45, 7) is 0. The van der Waals surface area contributed by atoms with Gasteiger partial charge in [0.05, 0.1) is 5.56 Å². The first-order valence-electron chi connectivity index (χ1n) is 4.37. The third kappa shape index (κ3) is 2.14. The number of carboxylic acids is 1. The van der Waals surface area contributed by atoms with Crippen LogP contribution < -0.4 is 0 Å². The van der Waals surface area contributed by atoms with E-state index in [9.17, 15) is 13.6 Å². The van der Waals surface area contributed by atoms with Crippen LogP contribution >= 0.6 is 12.6 Å². The highest BCUT2D eigenvalue weighted by Gasteiger charge is 2.19. The minimum absolute atomic E-state index is 0.00583. The number of thiol groups is 1. The van der Waals surface area contributed by atoms with Crippen molar-refractivity contribution in [1.29, 1.82) is 0 Å². The van der Waals surface area contributed by atoms with Crippen LogP contribution in [0.15, 0.2) is 27.7 Å². The van der Waals surface area contributed by atoms with E-state index in [2.05, 4.69) is 17.8 Å². The third-order valence-electron chi connectivity index (χ3n) is 2.05. The summed E-state index contributed by atoms with van der Waals surface area (Å²) in [4.78, 5) is 10.9. The molecule has 4 nitrogen and oxygen atoms in total. The van der Waals surface area contributed by atoms with Gasteiger partial charge in [-0.25, -0.2) is 13.6 Å². The van der Waals surface area contributed by atoms with E-state index in [0.29, 0.717) is 6.07 Å². The van der Waals surface area contributed by atoms with Gasteiger partial charge in [-0.1, -0.05) is 5.16 Å². The Bertz CT molecular complexity index is 597. The Morgan fingerprint density at radius 1 is 1.29 bits per heavy atom. The Kier molecular flexibility index (Phi) is 2.84. The van der Waals surface area contributed by atoms with Gasteiger partial charge in [-0.15, -0.1) is 12.6 Å². The molecule has 0 saturated carbocycles. The summed E-state index contributed by atoms with van der Waals surface area (Å²) in [6, 6.07) is 2.64. The Labute approximate surface area is 99.3 Å². The molecule has 0 bridgehead atoms. The Morgan fingerprint density at radius 3 is 2.47 bits per heavy atom. The second-order valence-corrected chi connectivity index (χ2v) is 3.62. The molecule has 1 aromatic carbocycles. The lowest BCUT2D eigenvalue weighted by atomic mass is 10.0. The number of benzene rings is 1. The second-order valence-electron chi connectivity index (χ2n) is 3.17. The highest BCUT2D eigenvalue weighted by molar-refractivity contribution is 7.80. The summed E-state index contributed by atoms with van der Waals surface area (Å²) in [6.07, 6.45) is 0. The molecule has 0 radical (unpaired) electrons. The van der Waals surface area contributed by atoms with Crippen LogP contribution in [0.4, 0.5) is 8.78 Å². The lowest BCUT2D eigenvalue weighted by molar-refractivity contribution is 0.0697. The van der Waals surface area contributed by atoms with E-state index >= 15 is 0 Å². The van der Waals surface area contributed by atoms with Gasteiger partial charge in [0.25, 0.3) is 0 Å². The molecule has 0 saturated heterocycles. The lowest BCUT2D eigenvalue weighted by Crippen LogP contribution is -2.02. The maximum atomic E-state index is 13.1. The van der Waals surface area contributed by atoms with Gasteiger partial charge in [0, 0.05) is 11.6 Å². The molecule has 1 heterocycles. The first-order chi connectivity index (χ1) is 7.99. The zero-order chi connectivity index (χ0) is 12.6. The highest BCUT2D eigenvalue weighted by Crippen LogP contribution is 2.27. The Balaban J connectivity index is 2.67. The van der Waals surface area contributed by atoms with Crippen molar-refractivity contribution in [3.8, 4) is 11.3 Å². The van der Waals surface area contributed by atoms with Crippen LogP contribution in [-0.4, -0.2) is 16.2 Å². The number of rotatable bonds is 2. The van der Waals surface area contributed by atoms with Crippen molar-refractivity contribution in [2.75, 3.05) is 0 Å². The Hall–Kier alpha value is -1.89. The van der Waals surface area contributed by atoms with Crippen LogP contribution in [-0.2, 0) is 0 Å². The molecule has 0 aliphatic rings. The average molecular weight is 257 g/mol. The van der Waals surface area contributed by atoms with Crippen molar-refractivity contribution in [2.45, 2.75) is 5.03 Å². The largest absolute Gasteiger partial charge is 0.478 e. The predicted octanol–water partition coefficient (Wildman–Crippen LogP) is 2.61. The molecule has 17 heavy (non-hydrogen) atoms. The van der Waals surface area contributed by atoms with Crippen LogP contribution in [0.1, 0.15) is 10.4 Å². The third-order valence-corrected chi connectivity index (χ3v) is 2.26. The molecular weight excluding hydrogens is 252 g/mol.